The highest BCUT2D eigenvalue weighted by molar-refractivity contribution is 6.06. The molecular formula is C16H17N5O3. The average Bonchev–Trinajstić information content (AvgIpc) is 3.14. The van der Waals surface area contributed by atoms with E-state index in [-0.39, 0.29) is 34.2 Å². The molecule has 24 heavy (non-hydrogen) atoms. The Kier molecular flexibility index (Phi) is 3.26. The lowest BCUT2D eigenvalue weighted by Crippen LogP contribution is -2.41. The lowest BCUT2D eigenvalue weighted by atomic mass is 10.1. The van der Waals surface area contributed by atoms with E-state index in [0.717, 1.165) is 18.7 Å². The van der Waals surface area contributed by atoms with E-state index in [1.165, 1.54) is 10.9 Å². The first-order valence-corrected chi connectivity index (χ1v) is 7.80. The number of aromatic nitrogens is 4. The quantitative estimate of drug-likeness (QED) is 0.750. The standard InChI is InChI=1S/C16H17N5O3/c1-9-12(13-15(24-9)18-8-20(2)16(13)23)14(22)19-10-3-4-11-17-5-6-21(11)7-10/h5-6,8,10H,3-4,7H2,1-2H3,(H,19,22)/t10-/m1/s1. The molecule has 0 saturated carbocycles. The molecule has 0 aliphatic carbocycles. The van der Waals surface area contributed by atoms with Gasteiger partial charge in [-0.25, -0.2) is 9.97 Å². The molecule has 0 radical (unpaired) electrons. The molecule has 8 nitrogen and oxygen atoms in total. The fourth-order valence-electron chi connectivity index (χ4n) is 3.20. The number of rotatable bonds is 2. The van der Waals surface area contributed by atoms with Crippen LogP contribution in [0.25, 0.3) is 11.1 Å². The number of aryl methyl sites for hydroxylation is 3. The molecule has 8 heteroatoms. The summed E-state index contributed by atoms with van der Waals surface area (Å²) in [4.78, 5) is 33.5. The highest BCUT2D eigenvalue weighted by atomic mass is 16.3. The Morgan fingerprint density at radius 3 is 3.08 bits per heavy atom. The van der Waals surface area contributed by atoms with E-state index >= 15 is 0 Å². The molecule has 3 aromatic rings. The Morgan fingerprint density at radius 2 is 2.25 bits per heavy atom. The largest absolute Gasteiger partial charge is 0.442 e. The molecule has 4 rings (SSSR count). The number of hydrogen-bond donors (Lipinski definition) is 1. The predicted octanol–water partition coefficient (Wildman–Crippen LogP) is 0.776. The number of carbonyl (C=O) groups excluding carboxylic acids is 1. The van der Waals surface area contributed by atoms with Crippen molar-refractivity contribution in [3.05, 3.63) is 46.2 Å². The van der Waals surface area contributed by atoms with Gasteiger partial charge >= 0.3 is 0 Å². The van der Waals surface area contributed by atoms with Crippen molar-refractivity contribution in [2.24, 2.45) is 7.05 Å². The van der Waals surface area contributed by atoms with Crippen molar-refractivity contribution in [1.29, 1.82) is 0 Å². The lowest BCUT2D eigenvalue weighted by molar-refractivity contribution is 0.0927. The van der Waals surface area contributed by atoms with Crippen LogP contribution in [0.3, 0.4) is 0 Å². The summed E-state index contributed by atoms with van der Waals surface area (Å²) in [5.41, 5.74) is 0.180. The van der Waals surface area contributed by atoms with Crippen LogP contribution in [0.5, 0.6) is 0 Å². The number of fused-ring (bicyclic) bond motifs is 2. The molecule has 124 valence electrons. The van der Waals surface area contributed by atoms with Gasteiger partial charge in [-0.15, -0.1) is 0 Å². The van der Waals surface area contributed by atoms with Crippen molar-refractivity contribution in [3.63, 3.8) is 0 Å². The van der Waals surface area contributed by atoms with Gasteiger partial charge in [-0.2, -0.15) is 0 Å². The normalized spacial score (nSPS) is 17.0. The molecule has 1 N–H and O–H groups in total. The van der Waals surface area contributed by atoms with Crippen LogP contribution in [0.1, 0.15) is 28.4 Å². The molecular weight excluding hydrogens is 310 g/mol. The van der Waals surface area contributed by atoms with Crippen LogP contribution in [-0.2, 0) is 20.0 Å². The molecule has 0 spiro atoms. The molecule has 0 bridgehead atoms. The van der Waals surface area contributed by atoms with Gasteiger partial charge in [0.15, 0.2) is 0 Å². The maximum Gasteiger partial charge on any atom is 0.265 e. The van der Waals surface area contributed by atoms with Gasteiger partial charge in [0.25, 0.3) is 11.5 Å². The maximum absolute atomic E-state index is 12.8. The van der Waals surface area contributed by atoms with Gasteiger partial charge in [0.05, 0.1) is 5.56 Å². The molecule has 0 unspecified atom stereocenters. The van der Waals surface area contributed by atoms with Gasteiger partial charge < -0.3 is 18.9 Å². The summed E-state index contributed by atoms with van der Waals surface area (Å²) in [5, 5.41) is 3.24. The summed E-state index contributed by atoms with van der Waals surface area (Å²) in [6.07, 6.45) is 6.69. The van der Waals surface area contributed by atoms with Crippen molar-refractivity contribution in [2.75, 3.05) is 0 Å². The summed E-state index contributed by atoms with van der Waals surface area (Å²) in [6, 6.07) is -0.0101. The molecule has 0 fully saturated rings. The van der Waals surface area contributed by atoms with E-state index in [1.807, 2.05) is 10.8 Å². The summed E-state index contributed by atoms with van der Waals surface area (Å²) in [6.45, 7) is 2.34. The fourth-order valence-corrected chi connectivity index (χ4v) is 3.20. The van der Waals surface area contributed by atoms with Crippen molar-refractivity contribution < 1.29 is 9.21 Å². The second kappa shape index (κ2) is 5.33. The number of nitrogens with zero attached hydrogens (tertiary/aromatic N) is 4. The third kappa shape index (κ3) is 2.22. The van der Waals surface area contributed by atoms with Crippen LogP contribution in [0, 0.1) is 6.92 Å². The minimum absolute atomic E-state index is 0.0101. The van der Waals surface area contributed by atoms with Crippen molar-refractivity contribution in [1.82, 2.24) is 24.4 Å². The Balaban J connectivity index is 1.66. The first-order valence-electron chi connectivity index (χ1n) is 7.80. The van der Waals surface area contributed by atoms with Crippen LogP contribution < -0.4 is 10.9 Å². The zero-order chi connectivity index (χ0) is 16.8. The van der Waals surface area contributed by atoms with Crippen LogP contribution in [0.15, 0.2) is 27.9 Å². The second-order valence-electron chi connectivity index (χ2n) is 6.08. The SMILES string of the molecule is Cc1oc2ncn(C)c(=O)c2c1C(=O)N[C@@H]1CCc2nccn2C1. The zero-order valence-corrected chi connectivity index (χ0v) is 13.4. The Labute approximate surface area is 137 Å². The number of imidazole rings is 1. The number of nitrogens with one attached hydrogen (secondary N) is 1. The summed E-state index contributed by atoms with van der Waals surface area (Å²) >= 11 is 0. The van der Waals surface area contributed by atoms with Crippen LogP contribution >= 0.6 is 0 Å². The van der Waals surface area contributed by atoms with Gasteiger partial charge in [0.2, 0.25) is 5.71 Å². The molecule has 1 aliphatic heterocycles. The number of furan rings is 1. The first-order chi connectivity index (χ1) is 11.5. The Morgan fingerprint density at radius 1 is 1.42 bits per heavy atom. The van der Waals surface area contributed by atoms with Gasteiger partial charge in [0.1, 0.15) is 23.3 Å². The first kappa shape index (κ1) is 14.7. The summed E-state index contributed by atoms with van der Waals surface area (Å²) in [7, 11) is 1.60. The minimum Gasteiger partial charge on any atom is -0.442 e. The average molecular weight is 327 g/mol. The van der Waals surface area contributed by atoms with Gasteiger partial charge in [-0.05, 0) is 13.3 Å². The minimum atomic E-state index is -0.301. The molecule has 3 aromatic heterocycles. The van der Waals surface area contributed by atoms with E-state index in [2.05, 4.69) is 15.3 Å². The van der Waals surface area contributed by atoms with E-state index in [0.29, 0.717) is 12.3 Å². The maximum atomic E-state index is 12.8. The molecule has 0 saturated heterocycles. The second-order valence-corrected chi connectivity index (χ2v) is 6.08. The van der Waals surface area contributed by atoms with Crippen LogP contribution in [0.4, 0.5) is 0 Å². The zero-order valence-electron chi connectivity index (χ0n) is 13.4. The topological polar surface area (TPSA) is 94.9 Å². The van der Waals surface area contributed by atoms with Gasteiger partial charge in [0, 0.05) is 38.4 Å². The summed E-state index contributed by atoms with van der Waals surface area (Å²) < 4.78 is 8.87. The lowest BCUT2D eigenvalue weighted by Gasteiger charge is -2.24. The third-order valence-corrected chi connectivity index (χ3v) is 4.45. The smallest absolute Gasteiger partial charge is 0.265 e. The molecule has 0 aromatic carbocycles. The number of amides is 1. The van der Waals surface area contributed by atoms with Crippen LogP contribution in [-0.4, -0.2) is 31.1 Å². The fraction of sp³-hybridized carbons (Fsp3) is 0.375. The third-order valence-electron chi connectivity index (χ3n) is 4.45. The number of carbonyl (C=O) groups is 1. The van der Waals surface area contributed by atoms with E-state index < -0.39 is 0 Å². The van der Waals surface area contributed by atoms with Crippen molar-refractivity contribution in [3.8, 4) is 0 Å². The highest BCUT2D eigenvalue weighted by Crippen LogP contribution is 2.21. The van der Waals surface area contributed by atoms with Gasteiger partial charge in [-0.1, -0.05) is 0 Å². The number of hydrogen-bond acceptors (Lipinski definition) is 5. The monoisotopic (exact) mass is 327 g/mol. The Bertz CT molecular complexity index is 997. The predicted molar refractivity (Wildman–Crippen MR) is 85.8 cm³/mol. The van der Waals surface area contributed by atoms with E-state index in [9.17, 15) is 9.59 Å². The van der Waals surface area contributed by atoms with Crippen LogP contribution in [0.2, 0.25) is 0 Å². The van der Waals surface area contributed by atoms with E-state index in [1.54, 1.807) is 20.2 Å². The van der Waals surface area contributed by atoms with Gasteiger partial charge in [-0.3, -0.25) is 9.59 Å². The highest BCUT2D eigenvalue weighted by Gasteiger charge is 2.26. The van der Waals surface area contributed by atoms with Crippen molar-refractivity contribution in [2.45, 2.75) is 32.4 Å². The molecule has 1 atom stereocenters. The molecule has 4 heterocycles. The molecule has 1 amide bonds. The van der Waals surface area contributed by atoms with E-state index in [4.69, 9.17) is 4.42 Å². The Hall–Kier alpha value is -2.90. The van der Waals surface area contributed by atoms with Crippen molar-refractivity contribution >= 4 is 17.0 Å². The molecule has 1 aliphatic rings. The summed E-state index contributed by atoms with van der Waals surface area (Å²) in [5.74, 6) is 1.13.